The topological polar surface area (TPSA) is 132 Å². The number of anilines is 2. The van der Waals surface area contributed by atoms with Crippen molar-refractivity contribution in [2.45, 2.75) is 26.8 Å². The number of carbonyl (C=O) groups excluding carboxylic acids is 1. The number of aromatic amines is 1. The smallest absolute Gasteiger partial charge is 0.228 e. The van der Waals surface area contributed by atoms with Crippen LogP contribution >= 0.6 is 0 Å². The van der Waals surface area contributed by atoms with Crippen LogP contribution in [0.3, 0.4) is 0 Å². The van der Waals surface area contributed by atoms with Crippen LogP contribution in [0.2, 0.25) is 0 Å². The number of carbonyl (C=O) groups is 1. The summed E-state index contributed by atoms with van der Waals surface area (Å²) in [5.41, 5.74) is 11.1. The van der Waals surface area contributed by atoms with Gasteiger partial charge in [-0.2, -0.15) is 0 Å². The minimum absolute atomic E-state index is 0.113. The lowest BCUT2D eigenvalue weighted by Crippen LogP contribution is -2.18. The molecule has 4 aromatic heterocycles. The fourth-order valence-corrected chi connectivity index (χ4v) is 4.21. The van der Waals surface area contributed by atoms with Crippen LogP contribution in [0.1, 0.15) is 18.1 Å². The minimum Gasteiger partial charge on any atom is -0.384 e. The molecule has 0 atom stereocenters. The summed E-state index contributed by atoms with van der Waals surface area (Å²) in [4.78, 5) is 41.7. The van der Waals surface area contributed by atoms with Gasteiger partial charge in [-0.15, -0.1) is 0 Å². The van der Waals surface area contributed by atoms with E-state index in [1.165, 1.54) is 0 Å². The summed E-state index contributed by atoms with van der Waals surface area (Å²) in [5, 5.41) is 3.37. The van der Waals surface area contributed by atoms with Crippen LogP contribution in [0.15, 0.2) is 72.0 Å². The average molecular weight is 480 g/mol. The Morgan fingerprint density at radius 3 is 2.61 bits per heavy atom. The molecule has 9 nitrogen and oxygen atoms in total. The molecule has 0 aliphatic rings. The molecule has 0 spiro atoms. The third-order valence-corrected chi connectivity index (χ3v) is 6.13. The van der Waals surface area contributed by atoms with Crippen molar-refractivity contribution in [1.29, 1.82) is 0 Å². The molecule has 0 unspecified atom stereocenters. The van der Waals surface area contributed by atoms with E-state index in [-0.39, 0.29) is 17.8 Å². The van der Waals surface area contributed by atoms with Crippen molar-refractivity contribution in [1.82, 2.24) is 24.5 Å². The minimum atomic E-state index is -0.216. The number of nitrogens with zero attached hydrogens (tertiary/aromatic N) is 4. The number of rotatable bonds is 6. The summed E-state index contributed by atoms with van der Waals surface area (Å²) in [6.07, 6.45) is 6.81. The Labute approximate surface area is 207 Å². The molecule has 0 aliphatic heterocycles. The lowest BCUT2D eigenvalue weighted by atomic mass is 10.0. The maximum atomic E-state index is 13.2. The molecule has 0 aliphatic carbocycles. The van der Waals surface area contributed by atoms with E-state index in [2.05, 4.69) is 20.3 Å². The second-order valence-corrected chi connectivity index (χ2v) is 8.45. The molecule has 0 saturated heterocycles. The number of amides is 1. The number of aromatic nitrogens is 5. The van der Waals surface area contributed by atoms with Crippen molar-refractivity contribution in [3.05, 3.63) is 88.6 Å². The van der Waals surface area contributed by atoms with Gasteiger partial charge in [0.15, 0.2) is 0 Å². The monoisotopic (exact) mass is 479 g/mol. The highest BCUT2D eigenvalue weighted by Gasteiger charge is 2.19. The Morgan fingerprint density at radius 1 is 1.11 bits per heavy atom. The molecule has 0 radical (unpaired) electrons. The normalized spacial score (nSPS) is 11.1. The maximum Gasteiger partial charge on any atom is 0.228 e. The number of benzene rings is 1. The highest BCUT2D eigenvalue weighted by molar-refractivity contribution is 5.93. The number of pyridine rings is 3. The molecule has 5 aromatic rings. The highest BCUT2D eigenvalue weighted by Crippen LogP contribution is 2.26. The van der Waals surface area contributed by atoms with Gasteiger partial charge in [0, 0.05) is 30.7 Å². The SMILES string of the molecule is CCn1c(N)c(-c2ncc[nH]2)c(=O)c2ccc(-c3ccc(CC(=O)Nc4cnccc4C)cc3)nc21. The number of nitrogens with one attached hydrogen (secondary N) is 2. The predicted octanol–water partition coefficient (Wildman–Crippen LogP) is 3.94. The van der Waals surface area contributed by atoms with Crippen LogP contribution in [-0.2, 0) is 17.8 Å². The predicted molar refractivity (Wildman–Crippen MR) is 140 cm³/mol. The van der Waals surface area contributed by atoms with E-state index in [0.717, 1.165) is 16.7 Å². The Balaban J connectivity index is 1.44. The van der Waals surface area contributed by atoms with Gasteiger partial charge >= 0.3 is 0 Å². The van der Waals surface area contributed by atoms with Crippen LogP contribution in [0, 0.1) is 6.92 Å². The van der Waals surface area contributed by atoms with Crippen molar-refractivity contribution in [2.24, 2.45) is 0 Å². The number of hydrogen-bond acceptors (Lipinski definition) is 6. The summed E-state index contributed by atoms with van der Waals surface area (Å²) >= 11 is 0. The third kappa shape index (κ3) is 4.22. The number of H-pyrrole nitrogens is 1. The lowest BCUT2D eigenvalue weighted by molar-refractivity contribution is -0.115. The van der Waals surface area contributed by atoms with Crippen LogP contribution in [-0.4, -0.2) is 30.4 Å². The zero-order valence-corrected chi connectivity index (χ0v) is 19.9. The van der Waals surface area contributed by atoms with E-state index >= 15 is 0 Å². The van der Waals surface area contributed by atoms with Crippen molar-refractivity contribution >= 4 is 28.4 Å². The van der Waals surface area contributed by atoms with Gasteiger partial charge < -0.3 is 20.6 Å². The summed E-state index contributed by atoms with van der Waals surface area (Å²) < 4.78 is 1.82. The zero-order valence-electron chi connectivity index (χ0n) is 19.9. The van der Waals surface area contributed by atoms with Crippen molar-refractivity contribution in [3.8, 4) is 22.6 Å². The van der Waals surface area contributed by atoms with E-state index < -0.39 is 0 Å². The van der Waals surface area contributed by atoms with Gasteiger partial charge in [-0.25, -0.2) is 9.97 Å². The number of imidazole rings is 1. The fraction of sp³-hybridized carbons (Fsp3) is 0.148. The van der Waals surface area contributed by atoms with Crippen molar-refractivity contribution < 1.29 is 4.79 Å². The Morgan fingerprint density at radius 2 is 1.92 bits per heavy atom. The molecule has 0 saturated carbocycles. The van der Waals surface area contributed by atoms with E-state index in [9.17, 15) is 9.59 Å². The summed E-state index contributed by atoms with van der Waals surface area (Å²) in [6, 6.07) is 13.1. The molecule has 0 bridgehead atoms. The van der Waals surface area contributed by atoms with Crippen molar-refractivity contribution in [2.75, 3.05) is 11.1 Å². The number of aryl methyl sites for hydroxylation is 2. The number of nitrogens with two attached hydrogens (primary N) is 1. The van der Waals surface area contributed by atoms with E-state index in [1.807, 2.05) is 54.8 Å². The quantitative estimate of drug-likeness (QED) is 0.338. The number of fused-ring (bicyclic) bond motifs is 1. The first-order valence-corrected chi connectivity index (χ1v) is 11.6. The first-order chi connectivity index (χ1) is 17.5. The maximum absolute atomic E-state index is 13.2. The average Bonchev–Trinajstić information content (AvgIpc) is 3.40. The largest absolute Gasteiger partial charge is 0.384 e. The van der Waals surface area contributed by atoms with Gasteiger partial charge in [-0.05, 0) is 43.2 Å². The second-order valence-electron chi connectivity index (χ2n) is 8.45. The van der Waals surface area contributed by atoms with Gasteiger partial charge in [-0.3, -0.25) is 14.6 Å². The first-order valence-electron chi connectivity index (χ1n) is 11.6. The van der Waals surface area contributed by atoms with Gasteiger partial charge in [0.05, 0.1) is 29.4 Å². The van der Waals surface area contributed by atoms with Crippen molar-refractivity contribution in [3.63, 3.8) is 0 Å². The molecule has 5 rings (SSSR count). The van der Waals surface area contributed by atoms with Gasteiger partial charge in [0.2, 0.25) is 11.3 Å². The van der Waals surface area contributed by atoms with E-state index in [0.29, 0.717) is 46.2 Å². The molecule has 36 heavy (non-hydrogen) atoms. The van der Waals surface area contributed by atoms with Crippen LogP contribution in [0.5, 0.6) is 0 Å². The molecule has 180 valence electrons. The third-order valence-electron chi connectivity index (χ3n) is 6.13. The molecule has 9 heteroatoms. The van der Waals surface area contributed by atoms with Gasteiger partial charge in [0.1, 0.15) is 22.9 Å². The second kappa shape index (κ2) is 9.46. The lowest BCUT2D eigenvalue weighted by Gasteiger charge is -2.15. The molecule has 4 N–H and O–H groups in total. The molecule has 1 aromatic carbocycles. The van der Waals surface area contributed by atoms with Gasteiger partial charge in [0.25, 0.3) is 0 Å². The molecule has 4 heterocycles. The Bertz CT molecular complexity index is 1620. The van der Waals surface area contributed by atoms with Crippen LogP contribution in [0.4, 0.5) is 11.5 Å². The summed E-state index contributed by atoms with van der Waals surface area (Å²) in [6.45, 7) is 4.41. The standard InChI is InChI=1S/C27H25N7O2/c1-3-34-25(28)23(26-30-12-13-31-26)24(36)19-8-9-20(33-27(19)34)18-6-4-17(5-7-18)14-22(35)32-21-15-29-11-10-16(21)2/h4-13,15H,3,14,28H2,1-2H3,(H,30,31)(H,32,35). The zero-order chi connectivity index (χ0) is 25.2. The fourth-order valence-electron chi connectivity index (χ4n) is 4.21. The molecular formula is C27H25N7O2. The number of hydrogen-bond donors (Lipinski definition) is 3. The number of nitrogen functional groups attached to an aromatic ring is 1. The first kappa shape index (κ1) is 23.0. The van der Waals surface area contributed by atoms with Gasteiger partial charge in [-0.1, -0.05) is 24.3 Å². The highest BCUT2D eigenvalue weighted by atomic mass is 16.1. The Hall–Kier alpha value is -4.79. The summed E-state index contributed by atoms with van der Waals surface area (Å²) in [5.74, 6) is 0.640. The molecule has 0 fully saturated rings. The molecule has 1 amide bonds. The molecular weight excluding hydrogens is 454 g/mol. The van der Waals surface area contributed by atoms with Crippen LogP contribution in [0.25, 0.3) is 33.7 Å². The Kier molecular flexibility index (Phi) is 6.03. The van der Waals surface area contributed by atoms with Crippen LogP contribution < -0.4 is 16.5 Å². The van der Waals surface area contributed by atoms with E-state index in [4.69, 9.17) is 10.7 Å². The summed E-state index contributed by atoms with van der Waals surface area (Å²) in [7, 11) is 0. The van der Waals surface area contributed by atoms with E-state index in [1.54, 1.807) is 30.9 Å².